The highest BCUT2D eigenvalue weighted by molar-refractivity contribution is 5.93. The molecular formula is C38H46N2O7. The number of hydrogen-bond acceptors (Lipinski definition) is 7. The quantitative estimate of drug-likeness (QED) is 0.278. The Morgan fingerprint density at radius 1 is 1.00 bits per heavy atom. The second kappa shape index (κ2) is 13.8. The van der Waals surface area contributed by atoms with E-state index in [1.54, 1.807) is 19.1 Å². The number of nitrogens with one attached hydrogen (secondary N) is 1. The van der Waals surface area contributed by atoms with Gasteiger partial charge in [0.1, 0.15) is 5.41 Å². The Morgan fingerprint density at radius 3 is 2.43 bits per heavy atom. The highest BCUT2D eigenvalue weighted by atomic mass is 16.5. The fourth-order valence-corrected chi connectivity index (χ4v) is 6.89. The van der Waals surface area contributed by atoms with Crippen molar-refractivity contribution in [3.8, 4) is 11.5 Å². The zero-order valence-electron chi connectivity index (χ0n) is 28.4. The lowest BCUT2D eigenvalue weighted by atomic mass is 9.65. The number of fused-ring (bicyclic) bond motifs is 2. The molecular weight excluding hydrogens is 596 g/mol. The van der Waals surface area contributed by atoms with E-state index in [2.05, 4.69) is 26.1 Å². The van der Waals surface area contributed by atoms with E-state index < -0.39 is 23.4 Å². The van der Waals surface area contributed by atoms with Crippen molar-refractivity contribution in [2.75, 3.05) is 27.9 Å². The van der Waals surface area contributed by atoms with E-state index in [0.29, 0.717) is 30.2 Å². The molecule has 1 fully saturated rings. The van der Waals surface area contributed by atoms with E-state index in [0.717, 1.165) is 21.9 Å². The minimum atomic E-state index is -1.26. The van der Waals surface area contributed by atoms with Crippen LogP contribution in [-0.2, 0) is 36.8 Å². The molecule has 47 heavy (non-hydrogen) atoms. The van der Waals surface area contributed by atoms with Crippen LogP contribution in [0, 0.1) is 16.7 Å². The molecule has 3 aromatic carbocycles. The van der Waals surface area contributed by atoms with Gasteiger partial charge in [-0.15, -0.1) is 0 Å². The molecule has 250 valence electrons. The molecule has 0 aliphatic carbocycles. The molecule has 5 rings (SSSR count). The van der Waals surface area contributed by atoms with Gasteiger partial charge >= 0.3 is 5.97 Å². The second-order valence-electron chi connectivity index (χ2n) is 13.5. The van der Waals surface area contributed by atoms with Crippen LogP contribution in [0.2, 0.25) is 0 Å². The maximum absolute atomic E-state index is 14.4. The van der Waals surface area contributed by atoms with Gasteiger partial charge in [0, 0.05) is 31.1 Å². The van der Waals surface area contributed by atoms with Gasteiger partial charge in [-0.1, -0.05) is 69.3 Å². The zero-order valence-corrected chi connectivity index (χ0v) is 28.4. The van der Waals surface area contributed by atoms with Crippen molar-refractivity contribution in [2.24, 2.45) is 16.7 Å². The molecule has 2 aliphatic rings. The van der Waals surface area contributed by atoms with Crippen LogP contribution in [-0.4, -0.2) is 62.8 Å². The van der Waals surface area contributed by atoms with Crippen LogP contribution in [0.1, 0.15) is 51.7 Å². The van der Waals surface area contributed by atoms with Crippen LogP contribution >= 0.6 is 0 Å². The van der Waals surface area contributed by atoms with Crippen LogP contribution in [0.25, 0.3) is 10.8 Å². The van der Waals surface area contributed by atoms with Crippen molar-refractivity contribution in [2.45, 2.75) is 65.7 Å². The summed E-state index contributed by atoms with van der Waals surface area (Å²) in [6, 6.07) is 19.7. The number of piperidine rings is 1. The van der Waals surface area contributed by atoms with Gasteiger partial charge in [-0.25, -0.2) is 0 Å². The lowest BCUT2D eigenvalue weighted by Crippen LogP contribution is -2.61. The van der Waals surface area contributed by atoms with Gasteiger partial charge in [0.05, 0.1) is 33.5 Å². The van der Waals surface area contributed by atoms with Gasteiger partial charge in [-0.05, 0) is 65.3 Å². The highest BCUT2D eigenvalue weighted by Gasteiger charge is 2.60. The van der Waals surface area contributed by atoms with Gasteiger partial charge in [-0.2, -0.15) is 0 Å². The normalized spacial score (nSPS) is 22.7. The smallest absolute Gasteiger partial charge is 0.320 e. The van der Waals surface area contributed by atoms with Crippen molar-refractivity contribution in [3.05, 3.63) is 83.6 Å². The topological polar surface area (TPSA) is 103 Å². The van der Waals surface area contributed by atoms with Crippen LogP contribution in [0.4, 0.5) is 0 Å². The lowest BCUT2D eigenvalue weighted by molar-refractivity contribution is -0.180. The Kier molecular flexibility index (Phi) is 9.96. The first-order valence-electron chi connectivity index (χ1n) is 16.1. The number of rotatable bonds is 10. The van der Waals surface area contributed by atoms with Gasteiger partial charge in [0.2, 0.25) is 11.8 Å². The molecule has 0 saturated carbocycles. The van der Waals surface area contributed by atoms with Crippen molar-refractivity contribution in [1.29, 1.82) is 0 Å². The van der Waals surface area contributed by atoms with Crippen LogP contribution in [0.15, 0.2) is 72.4 Å². The van der Waals surface area contributed by atoms with Crippen LogP contribution in [0.3, 0.4) is 0 Å². The van der Waals surface area contributed by atoms with E-state index >= 15 is 0 Å². The minimum Gasteiger partial charge on any atom is -0.493 e. The molecule has 0 aromatic heterocycles. The molecule has 0 bridgehead atoms. The van der Waals surface area contributed by atoms with Gasteiger partial charge in [0.15, 0.2) is 11.5 Å². The third-order valence-corrected chi connectivity index (χ3v) is 9.55. The van der Waals surface area contributed by atoms with Gasteiger partial charge in [-0.3, -0.25) is 14.4 Å². The summed E-state index contributed by atoms with van der Waals surface area (Å²) in [5.41, 5.74) is 0.951. The van der Waals surface area contributed by atoms with Crippen LogP contribution < -0.4 is 14.8 Å². The van der Waals surface area contributed by atoms with Crippen molar-refractivity contribution in [3.63, 3.8) is 0 Å². The molecule has 1 N–H and O–H groups in total. The predicted octanol–water partition coefficient (Wildman–Crippen LogP) is 5.83. The third kappa shape index (κ3) is 6.72. The molecule has 9 nitrogen and oxygen atoms in total. The SMILES string of the molecule is COC(=O)[C@]12C[C@H](CC(=O)NCc3cccc4ccccc34)C(=O)N(CCc3ccc(OC)c(OC)c3)C1=C[C@H](C(C)(C)C)O[C@@H]2C. The number of ether oxygens (including phenoxy) is 4. The zero-order chi connectivity index (χ0) is 33.9. The molecule has 1 saturated heterocycles. The summed E-state index contributed by atoms with van der Waals surface area (Å²) < 4.78 is 22.8. The number of amides is 2. The first kappa shape index (κ1) is 34.0. The number of likely N-dealkylation sites (tertiary alicyclic amines) is 1. The number of carbonyl (C=O) groups excluding carboxylic acids is 3. The van der Waals surface area contributed by atoms with Crippen LogP contribution in [0.5, 0.6) is 11.5 Å². The average molecular weight is 643 g/mol. The fourth-order valence-electron chi connectivity index (χ4n) is 6.89. The predicted molar refractivity (Wildman–Crippen MR) is 180 cm³/mol. The van der Waals surface area contributed by atoms with Crippen molar-refractivity contribution < 1.29 is 33.3 Å². The van der Waals surface area contributed by atoms with E-state index in [4.69, 9.17) is 18.9 Å². The van der Waals surface area contributed by atoms with E-state index in [1.165, 1.54) is 7.11 Å². The monoisotopic (exact) mass is 642 g/mol. The molecule has 2 amide bonds. The number of esters is 1. The van der Waals surface area contributed by atoms with Crippen molar-refractivity contribution >= 4 is 28.6 Å². The molecule has 0 spiro atoms. The minimum absolute atomic E-state index is 0.0715. The standard InChI is InChI=1S/C38H46N2O7/c1-24-38(36(43)46-7)22-28(20-34(41)39-23-27-13-10-12-26-11-8-9-14-29(26)27)35(42)40(32(38)21-33(47-24)37(2,3)4)18-17-25-15-16-30(44-5)31(19-25)45-6/h8-16,19,21,24,28,33H,17-18,20,22-23H2,1-7H3,(H,39,41)/t24-,28+,33-,38+/m1/s1. The third-order valence-electron chi connectivity index (χ3n) is 9.55. The summed E-state index contributed by atoms with van der Waals surface area (Å²) in [5, 5.41) is 5.17. The Balaban J connectivity index is 1.46. The molecule has 2 heterocycles. The molecule has 9 heteroatoms. The first-order chi connectivity index (χ1) is 22.4. The lowest BCUT2D eigenvalue weighted by Gasteiger charge is -2.53. The molecule has 2 aliphatic heterocycles. The fraction of sp³-hybridized carbons (Fsp3) is 0.447. The largest absolute Gasteiger partial charge is 0.493 e. The summed E-state index contributed by atoms with van der Waals surface area (Å²) in [6.45, 7) is 8.67. The van der Waals surface area contributed by atoms with Gasteiger partial charge < -0.3 is 29.2 Å². The summed E-state index contributed by atoms with van der Waals surface area (Å²) in [6.07, 6.45) is 1.49. The molecule has 4 atom stereocenters. The second-order valence-corrected chi connectivity index (χ2v) is 13.5. The van der Waals surface area contributed by atoms with E-state index in [9.17, 15) is 14.4 Å². The van der Waals surface area contributed by atoms with E-state index in [1.807, 2.05) is 73.7 Å². The van der Waals surface area contributed by atoms with Crippen molar-refractivity contribution in [1.82, 2.24) is 10.2 Å². The number of methoxy groups -OCH3 is 3. The summed E-state index contributed by atoms with van der Waals surface area (Å²) >= 11 is 0. The highest BCUT2D eigenvalue weighted by Crippen LogP contribution is 2.52. The maximum atomic E-state index is 14.4. The molecule has 0 unspecified atom stereocenters. The Hall–Kier alpha value is -4.37. The average Bonchev–Trinajstić information content (AvgIpc) is 3.06. The number of benzene rings is 3. The Labute approximate surface area is 277 Å². The number of carbonyl (C=O) groups is 3. The van der Waals surface area contributed by atoms with Gasteiger partial charge in [0.25, 0.3) is 0 Å². The molecule has 0 radical (unpaired) electrons. The Bertz CT molecular complexity index is 1670. The number of hydrogen-bond donors (Lipinski definition) is 1. The summed E-state index contributed by atoms with van der Waals surface area (Å²) in [4.78, 5) is 43.4. The molecule has 3 aromatic rings. The maximum Gasteiger partial charge on any atom is 0.320 e. The van der Waals surface area contributed by atoms with E-state index in [-0.39, 0.29) is 42.7 Å². The Morgan fingerprint density at radius 2 is 1.72 bits per heavy atom. The summed E-state index contributed by atoms with van der Waals surface area (Å²) in [7, 11) is 4.52. The summed E-state index contributed by atoms with van der Waals surface area (Å²) in [5.74, 6) is -0.501. The number of nitrogens with zero attached hydrogens (tertiary/aromatic N) is 1. The first-order valence-corrected chi connectivity index (χ1v) is 16.1.